The van der Waals surface area contributed by atoms with E-state index in [1.165, 1.54) is 0 Å². The molecule has 1 aromatic carbocycles. The molecule has 2 aromatic rings. The molecule has 3 rings (SSSR count). The smallest absolute Gasteiger partial charge is 0.181 e. The Hall–Kier alpha value is -1.68. The van der Waals surface area contributed by atoms with E-state index in [4.69, 9.17) is 5.73 Å². The van der Waals surface area contributed by atoms with Gasteiger partial charge in [0.1, 0.15) is 5.82 Å². The second-order valence-corrected chi connectivity index (χ2v) is 4.54. The Labute approximate surface area is 100 Å². The molecule has 1 aromatic heterocycles. The number of nitrogens with two attached hydrogens (primary N) is 1. The van der Waals surface area contributed by atoms with Crippen LogP contribution in [-0.2, 0) is 13.0 Å². The summed E-state index contributed by atoms with van der Waals surface area (Å²) >= 11 is 0. The molecule has 0 radical (unpaired) electrons. The molecule has 88 valence electrons. The molecule has 17 heavy (non-hydrogen) atoms. The van der Waals surface area contributed by atoms with Crippen molar-refractivity contribution in [2.75, 3.05) is 6.54 Å². The van der Waals surface area contributed by atoms with Crippen LogP contribution >= 0.6 is 0 Å². The summed E-state index contributed by atoms with van der Waals surface area (Å²) in [7, 11) is 0. The Bertz CT molecular complexity index is 503. The van der Waals surface area contributed by atoms with Crippen LogP contribution in [0.25, 0.3) is 11.4 Å². The highest BCUT2D eigenvalue weighted by molar-refractivity contribution is 5.54. The number of hydrogen-bond donors (Lipinski definition) is 1. The Kier molecular flexibility index (Phi) is 2.65. The summed E-state index contributed by atoms with van der Waals surface area (Å²) < 4.78 is 2.02. The van der Waals surface area contributed by atoms with Crippen LogP contribution in [0.2, 0.25) is 0 Å². The van der Waals surface area contributed by atoms with Crippen LogP contribution in [0.3, 0.4) is 0 Å². The van der Waals surface area contributed by atoms with Crippen molar-refractivity contribution in [1.29, 1.82) is 0 Å². The minimum atomic E-state index is 0.549. The highest BCUT2D eigenvalue weighted by Gasteiger charge is 2.20. The lowest BCUT2D eigenvalue weighted by molar-refractivity contribution is 0.350. The highest BCUT2D eigenvalue weighted by atomic mass is 15.4. The fraction of sp³-hybridized carbons (Fsp3) is 0.385. The van der Waals surface area contributed by atoms with Gasteiger partial charge in [-0.25, -0.2) is 9.67 Å². The van der Waals surface area contributed by atoms with Gasteiger partial charge in [0.15, 0.2) is 5.82 Å². The van der Waals surface area contributed by atoms with Crippen LogP contribution in [0.1, 0.15) is 12.2 Å². The van der Waals surface area contributed by atoms with Crippen molar-refractivity contribution >= 4 is 0 Å². The van der Waals surface area contributed by atoms with E-state index in [1.807, 2.05) is 35.0 Å². The van der Waals surface area contributed by atoms with E-state index in [2.05, 4.69) is 10.1 Å². The van der Waals surface area contributed by atoms with Crippen molar-refractivity contribution in [1.82, 2.24) is 14.8 Å². The lowest BCUT2D eigenvalue weighted by Crippen LogP contribution is -2.27. The van der Waals surface area contributed by atoms with Crippen LogP contribution < -0.4 is 5.73 Å². The molecule has 2 heterocycles. The van der Waals surface area contributed by atoms with Crippen molar-refractivity contribution in [3.63, 3.8) is 0 Å². The van der Waals surface area contributed by atoms with E-state index in [1.54, 1.807) is 0 Å². The van der Waals surface area contributed by atoms with Gasteiger partial charge in [0.25, 0.3) is 0 Å². The Morgan fingerprint density at radius 2 is 2.12 bits per heavy atom. The molecule has 0 fully saturated rings. The molecule has 1 atom stereocenters. The van der Waals surface area contributed by atoms with Gasteiger partial charge in [-0.3, -0.25) is 0 Å². The fourth-order valence-corrected chi connectivity index (χ4v) is 2.28. The van der Waals surface area contributed by atoms with Gasteiger partial charge in [0, 0.05) is 18.5 Å². The van der Waals surface area contributed by atoms with Crippen molar-refractivity contribution in [2.24, 2.45) is 11.7 Å². The Morgan fingerprint density at radius 3 is 2.88 bits per heavy atom. The zero-order valence-corrected chi connectivity index (χ0v) is 9.71. The highest BCUT2D eigenvalue weighted by Crippen LogP contribution is 2.21. The zero-order chi connectivity index (χ0) is 11.7. The first-order valence-corrected chi connectivity index (χ1v) is 6.06. The molecule has 0 bridgehead atoms. The first-order valence-electron chi connectivity index (χ1n) is 6.06. The third-order valence-electron chi connectivity index (χ3n) is 3.32. The maximum atomic E-state index is 5.72. The SMILES string of the molecule is NCC1CCc2nc(-c3ccccc3)nn2C1. The van der Waals surface area contributed by atoms with Crippen LogP contribution in [0.4, 0.5) is 0 Å². The molecule has 2 N–H and O–H groups in total. The maximum absolute atomic E-state index is 5.72. The Balaban J connectivity index is 1.93. The molecular formula is C13H16N4. The molecule has 0 amide bonds. The summed E-state index contributed by atoms with van der Waals surface area (Å²) in [6.07, 6.45) is 2.12. The van der Waals surface area contributed by atoms with E-state index < -0.39 is 0 Å². The number of hydrogen-bond acceptors (Lipinski definition) is 3. The first kappa shape index (κ1) is 10.5. The summed E-state index contributed by atoms with van der Waals surface area (Å²) in [5.74, 6) is 2.47. The summed E-state index contributed by atoms with van der Waals surface area (Å²) in [4.78, 5) is 4.60. The van der Waals surface area contributed by atoms with Gasteiger partial charge < -0.3 is 5.73 Å². The molecule has 4 heteroatoms. The molecule has 0 saturated heterocycles. The number of aromatic nitrogens is 3. The molecule has 1 aliphatic rings. The lowest BCUT2D eigenvalue weighted by atomic mass is 10.0. The monoisotopic (exact) mass is 228 g/mol. The van der Waals surface area contributed by atoms with Crippen LogP contribution in [-0.4, -0.2) is 21.3 Å². The van der Waals surface area contributed by atoms with Crippen LogP contribution in [0.5, 0.6) is 0 Å². The second kappa shape index (κ2) is 4.30. The second-order valence-electron chi connectivity index (χ2n) is 4.54. The van der Waals surface area contributed by atoms with Gasteiger partial charge in [-0.1, -0.05) is 30.3 Å². The van der Waals surface area contributed by atoms with Gasteiger partial charge >= 0.3 is 0 Å². The third-order valence-corrected chi connectivity index (χ3v) is 3.32. The molecule has 0 aliphatic carbocycles. The number of aryl methyl sites for hydroxylation is 1. The largest absolute Gasteiger partial charge is 0.330 e. The van der Waals surface area contributed by atoms with Crippen molar-refractivity contribution < 1.29 is 0 Å². The van der Waals surface area contributed by atoms with E-state index in [-0.39, 0.29) is 0 Å². The summed E-state index contributed by atoms with van der Waals surface area (Å²) in [6, 6.07) is 10.1. The molecule has 0 spiro atoms. The number of benzene rings is 1. The topological polar surface area (TPSA) is 56.7 Å². The molecule has 1 aliphatic heterocycles. The minimum absolute atomic E-state index is 0.549. The summed E-state index contributed by atoms with van der Waals surface area (Å²) in [5, 5.41) is 4.57. The molecule has 1 unspecified atom stereocenters. The standard InChI is InChI=1S/C13H16N4/c14-8-10-6-7-12-15-13(16-17(12)9-10)11-4-2-1-3-5-11/h1-5,10H,6-9,14H2. The minimum Gasteiger partial charge on any atom is -0.330 e. The van der Waals surface area contributed by atoms with Gasteiger partial charge in [-0.2, -0.15) is 5.10 Å². The average Bonchev–Trinajstić information content (AvgIpc) is 2.82. The normalized spacial score (nSPS) is 19.0. The van der Waals surface area contributed by atoms with E-state index >= 15 is 0 Å². The Morgan fingerprint density at radius 1 is 1.29 bits per heavy atom. The summed E-state index contributed by atoms with van der Waals surface area (Å²) in [6.45, 7) is 1.64. The third kappa shape index (κ3) is 1.96. The lowest BCUT2D eigenvalue weighted by Gasteiger charge is -2.20. The predicted molar refractivity (Wildman–Crippen MR) is 66.3 cm³/mol. The van der Waals surface area contributed by atoms with Crippen LogP contribution in [0.15, 0.2) is 30.3 Å². The summed E-state index contributed by atoms with van der Waals surface area (Å²) in [5.41, 5.74) is 6.80. The first-order chi connectivity index (χ1) is 8.36. The van der Waals surface area contributed by atoms with E-state index in [9.17, 15) is 0 Å². The number of rotatable bonds is 2. The average molecular weight is 228 g/mol. The van der Waals surface area contributed by atoms with Crippen molar-refractivity contribution in [3.05, 3.63) is 36.2 Å². The quantitative estimate of drug-likeness (QED) is 0.846. The fourth-order valence-electron chi connectivity index (χ4n) is 2.28. The van der Waals surface area contributed by atoms with E-state index in [0.29, 0.717) is 5.92 Å². The number of nitrogens with zero attached hydrogens (tertiary/aromatic N) is 3. The van der Waals surface area contributed by atoms with E-state index in [0.717, 1.165) is 43.1 Å². The molecule has 0 saturated carbocycles. The van der Waals surface area contributed by atoms with Gasteiger partial charge in [-0.05, 0) is 18.9 Å². The van der Waals surface area contributed by atoms with Gasteiger partial charge in [0.2, 0.25) is 0 Å². The van der Waals surface area contributed by atoms with Crippen molar-refractivity contribution in [3.8, 4) is 11.4 Å². The van der Waals surface area contributed by atoms with Crippen LogP contribution in [0, 0.1) is 5.92 Å². The maximum Gasteiger partial charge on any atom is 0.181 e. The van der Waals surface area contributed by atoms with Gasteiger partial charge in [-0.15, -0.1) is 0 Å². The predicted octanol–water partition coefficient (Wildman–Crippen LogP) is 1.47. The van der Waals surface area contributed by atoms with Gasteiger partial charge in [0.05, 0.1) is 0 Å². The number of fused-ring (bicyclic) bond motifs is 1. The molecular weight excluding hydrogens is 212 g/mol. The zero-order valence-electron chi connectivity index (χ0n) is 9.71. The molecule has 4 nitrogen and oxygen atoms in total. The van der Waals surface area contributed by atoms with Crippen molar-refractivity contribution in [2.45, 2.75) is 19.4 Å².